The molecule has 0 aliphatic heterocycles. The second-order valence-electron chi connectivity index (χ2n) is 6.88. The van der Waals surface area contributed by atoms with Crippen molar-refractivity contribution >= 4 is 23.8 Å². The molecule has 3 rings (SSSR count). The molecule has 1 amide bonds. The van der Waals surface area contributed by atoms with Crippen LogP contribution in [0.5, 0.6) is 11.5 Å². The van der Waals surface area contributed by atoms with Crippen LogP contribution < -0.4 is 20.5 Å². The van der Waals surface area contributed by atoms with Crippen LogP contribution in [0.25, 0.3) is 0 Å². The Bertz CT molecular complexity index is 1160. The van der Waals surface area contributed by atoms with E-state index in [1.807, 2.05) is 0 Å². The molecule has 2 aromatic carbocycles. The summed E-state index contributed by atoms with van der Waals surface area (Å²) in [4.78, 5) is 16.2. The number of hydrogen-bond donors (Lipinski definition) is 2. The predicted octanol–water partition coefficient (Wildman–Crippen LogP) is 4.09. The minimum atomic E-state index is -4.50. The van der Waals surface area contributed by atoms with Crippen LogP contribution in [0.4, 0.5) is 24.8 Å². The molecule has 174 valence electrons. The third-order valence-electron chi connectivity index (χ3n) is 4.27. The highest BCUT2D eigenvalue weighted by Gasteiger charge is 2.30. The number of carbonyl (C=O) groups excluding carboxylic acids is 1. The van der Waals surface area contributed by atoms with Gasteiger partial charge < -0.3 is 20.5 Å². The van der Waals surface area contributed by atoms with Crippen LogP contribution in [0, 0.1) is 6.92 Å². The zero-order valence-electron chi connectivity index (χ0n) is 17.9. The lowest BCUT2D eigenvalue weighted by Crippen LogP contribution is -2.20. The molecule has 0 atom stereocenters. The van der Waals surface area contributed by atoms with E-state index in [9.17, 15) is 18.0 Å². The molecule has 0 spiro atoms. The van der Waals surface area contributed by atoms with Crippen molar-refractivity contribution in [1.29, 1.82) is 0 Å². The maximum absolute atomic E-state index is 12.8. The second-order valence-corrected chi connectivity index (χ2v) is 6.88. The number of hydrogen-bond acceptors (Lipinski definition) is 6. The summed E-state index contributed by atoms with van der Waals surface area (Å²) in [6.45, 7) is 3.51. The summed E-state index contributed by atoms with van der Waals surface area (Å²) in [5.74, 6) is 0.308. The number of imidazole rings is 1. The molecule has 3 N–H and O–H groups in total. The zero-order chi connectivity index (χ0) is 24.0. The highest BCUT2D eigenvalue weighted by atomic mass is 19.4. The topological polar surface area (TPSA) is 104 Å². The van der Waals surface area contributed by atoms with Gasteiger partial charge in [-0.2, -0.15) is 18.3 Å². The molecule has 0 bridgehead atoms. The van der Waals surface area contributed by atoms with Gasteiger partial charge in [0.15, 0.2) is 18.1 Å². The van der Waals surface area contributed by atoms with Gasteiger partial charge in [-0.25, -0.2) is 9.66 Å². The van der Waals surface area contributed by atoms with Gasteiger partial charge in [0.25, 0.3) is 5.91 Å². The van der Waals surface area contributed by atoms with Crippen LogP contribution in [-0.2, 0) is 11.0 Å². The zero-order valence-corrected chi connectivity index (χ0v) is 17.9. The van der Waals surface area contributed by atoms with Crippen molar-refractivity contribution in [2.24, 2.45) is 5.10 Å². The van der Waals surface area contributed by atoms with E-state index in [4.69, 9.17) is 15.2 Å². The molecular weight excluding hydrogens is 439 g/mol. The number of rotatable bonds is 8. The Kier molecular flexibility index (Phi) is 7.21. The van der Waals surface area contributed by atoms with Gasteiger partial charge in [-0.05, 0) is 55.8 Å². The summed E-state index contributed by atoms with van der Waals surface area (Å²) >= 11 is 0. The van der Waals surface area contributed by atoms with E-state index < -0.39 is 24.3 Å². The van der Waals surface area contributed by atoms with Crippen molar-refractivity contribution in [2.45, 2.75) is 20.0 Å². The fraction of sp³-hybridized carbons (Fsp3) is 0.227. The molecule has 0 unspecified atom stereocenters. The maximum Gasteiger partial charge on any atom is 0.416 e. The number of ether oxygens (including phenoxy) is 2. The number of halogens is 3. The molecule has 0 saturated heterocycles. The van der Waals surface area contributed by atoms with Crippen molar-refractivity contribution in [1.82, 2.24) is 9.66 Å². The number of alkyl halides is 3. The van der Waals surface area contributed by atoms with Crippen LogP contribution in [-0.4, -0.2) is 35.0 Å². The second kappa shape index (κ2) is 10.1. The molecule has 33 heavy (non-hydrogen) atoms. The molecule has 0 radical (unpaired) electrons. The Labute approximate surface area is 187 Å². The van der Waals surface area contributed by atoms with Gasteiger partial charge in [0.1, 0.15) is 0 Å². The monoisotopic (exact) mass is 461 g/mol. The maximum atomic E-state index is 12.8. The van der Waals surface area contributed by atoms with Crippen molar-refractivity contribution in [2.75, 3.05) is 24.3 Å². The third kappa shape index (κ3) is 6.48. The number of anilines is 2. The van der Waals surface area contributed by atoms with E-state index in [0.29, 0.717) is 23.7 Å². The van der Waals surface area contributed by atoms with Crippen molar-refractivity contribution in [3.05, 3.63) is 65.5 Å². The summed E-state index contributed by atoms with van der Waals surface area (Å²) in [6, 6.07) is 9.33. The summed E-state index contributed by atoms with van der Waals surface area (Å²) in [5.41, 5.74) is 6.33. The number of aromatic nitrogens is 2. The van der Waals surface area contributed by atoms with E-state index in [0.717, 1.165) is 17.8 Å². The Morgan fingerprint density at radius 1 is 1.21 bits per heavy atom. The SMILES string of the molecule is CCOc1cc(C=Nn2cc(C)nc2N)ccc1OCC(=O)Nc1cccc(C(F)(F)F)c1. The Balaban J connectivity index is 1.66. The highest BCUT2D eigenvalue weighted by Crippen LogP contribution is 2.31. The minimum Gasteiger partial charge on any atom is -0.490 e. The number of nitrogens with two attached hydrogens (primary N) is 1. The van der Waals surface area contributed by atoms with Crippen LogP contribution in [0.3, 0.4) is 0 Å². The quantitative estimate of drug-likeness (QED) is 0.492. The molecule has 0 aliphatic carbocycles. The van der Waals surface area contributed by atoms with Crippen molar-refractivity contribution < 1.29 is 27.4 Å². The van der Waals surface area contributed by atoms with Gasteiger partial charge in [0.2, 0.25) is 5.95 Å². The Morgan fingerprint density at radius 2 is 2.00 bits per heavy atom. The molecule has 3 aromatic rings. The van der Waals surface area contributed by atoms with Gasteiger partial charge in [-0.3, -0.25) is 4.79 Å². The van der Waals surface area contributed by atoms with Gasteiger partial charge in [0.05, 0.1) is 30.3 Å². The van der Waals surface area contributed by atoms with E-state index in [2.05, 4.69) is 15.4 Å². The van der Waals surface area contributed by atoms with Gasteiger partial charge in [-0.1, -0.05) is 6.07 Å². The van der Waals surface area contributed by atoms with E-state index in [-0.39, 0.29) is 11.6 Å². The lowest BCUT2D eigenvalue weighted by atomic mass is 10.2. The minimum absolute atomic E-state index is 0.0176. The number of nitrogens with zero attached hydrogens (tertiary/aromatic N) is 3. The number of carbonyl (C=O) groups is 1. The summed E-state index contributed by atoms with van der Waals surface area (Å²) in [6.07, 6.45) is -1.27. The van der Waals surface area contributed by atoms with Crippen molar-refractivity contribution in [3.63, 3.8) is 0 Å². The van der Waals surface area contributed by atoms with E-state index >= 15 is 0 Å². The molecule has 8 nitrogen and oxygen atoms in total. The molecular formula is C22H22F3N5O3. The lowest BCUT2D eigenvalue weighted by Gasteiger charge is -2.13. The van der Waals surface area contributed by atoms with Gasteiger partial charge in [0, 0.05) is 5.69 Å². The van der Waals surface area contributed by atoms with Crippen LogP contribution in [0.2, 0.25) is 0 Å². The number of amides is 1. The van der Waals surface area contributed by atoms with E-state index in [1.165, 1.54) is 16.8 Å². The lowest BCUT2D eigenvalue weighted by molar-refractivity contribution is -0.137. The molecule has 1 heterocycles. The first-order chi connectivity index (χ1) is 15.7. The molecule has 1 aromatic heterocycles. The Morgan fingerprint density at radius 3 is 2.67 bits per heavy atom. The smallest absolute Gasteiger partial charge is 0.416 e. The van der Waals surface area contributed by atoms with E-state index in [1.54, 1.807) is 44.5 Å². The fourth-order valence-corrected chi connectivity index (χ4v) is 2.83. The summed E-state index contributed by atoms with van der Waals surface area (Å²) in [5, 5.41) is 6.62. The number of nitrogen functional groups attached to an aromatic ring is 1. The molecule has 0 aliphatic rings. The third-order valence-corrected chi connectivity index (χ3v) is 4.27. The number of nitrogens with one attached hydrogen (secondary N) is 1. The van der Waals surface area contributed by atoms with Crippen LogP contribution >= 0.6 is 0 Å². The molecule has 0 fully saturated rings. The Hall–Kier alpha value is -4.02. The molecule has 0 saturated carbocycles. The summed E-state index contributed by atoms with van der Waals surface area (Å²) < 4.78 is 51.0. The van der Waals surface area contributed by atoms with Gasteiger partial charge >= 0.3 is 6.18 Å². The molecule has 11 heteroatoms. The highest BCUT2D eigenvalue weighted by molar-refractivity contribution is 5.92. The van der Waals surface area contributed by atoms with Crippen LogP contribution in [0.15, 0.2) is 53.8 Å². The summed E-state index contributed by atoms with van der Waals surface area (Å²) in [7, 11) is 0. The standard InChI is InChI=1S/C22H22F3N5O3/c1-3-32-19-9-15(11-27-30-12-14(2)28-21(30)26)7-8-18(19)33-13-20(31)29-17-6-4-5-16(10-17)22(23,24)25/h4-12H,3,13H2,1-2H3,(H2,26,28)(H,29,31). The van der Waals surface area contributed by atoms with Gasteiger partial charge in [-0.15, -0.1) is 0 Å². The van der Waals surface area contributed by atoms with Crippen molar-refractivity contribution in [3.8, 4) is 11.5 Å². The first-order valence-corrected chi connectivity index (χ1v) is 9.88. The largest absolute Gasteiger partial charge is 0.490 e. The average molecular weight is 461 g/mol. The number of benzene rings is 2. The first-order valence-electron chi connectivity index (χ1n) is 9.88. The van der Waals surface area contributed by atoms with Crippen LogP contribution in [0.1, 0.15) is 23.7 Å². The number of aryl methyl sites for hydroxylation is 1. The first kappa shape index (κ1) is 23.6. The fourth-order valence-electron chi connectivity index (χ4n) is 2.83. The predicted molar refractivity (Wildman–Crippen MR) is 118 cm³/mol. The average Bonchev–Trinajstić information content (AvgIpc) is 3.08. The normalized spacial score (nSPS) is 11.5.